The predicted molar refractivity (Wildman–Crippen MR) is 93.0 cm³/mol. The van der Waals surface area contributed by atoms with Gasteiger partial charge in [0.2, 0.25) is 11.7 Å². The highest BCUT2D eigenvalue weighted by molar-refractivity contribution is 6.04. The molecule has 1 saturated heterocycles. The van der Waals surface area contributed by atoms with Gasteiger partial charge in [-0.2, -0.15) is 13.2 Å². The molecule has 1 fully saturated rings. The number of rotatable bonds is 4. The summed E-state index contributed by atoms with van der Waals surface area (Å²) in [5.41, 5.74) is 5.60. The molecule has 2 rings (SSSR count). The minimum Gasteiger partial charge on any atom is -0.333 e. The number of hydrogen-bond donors (Lipinski definition) is 2. The number of carbonyl (C=O) groups is 1. The topological polar surface area (TPSA) is 85.8 Å². The number of halogens is 6. The molecule has 1 aliphatic rings. The van der Waals surface area contributed by atoms with Crippen LogP contribution < -0.4 is 5.73 Å². The highest BCUT2D eigenvalue weighted by Crippen LogP contribution is 2.22. The van der Waals surface area contributed by atoms with E-state index in [1.165, 1.54) is 0 Å². The summed E-state index contributed by atoms with van der Waals surface area (Å²) in [4.78, 5) is 17.4. The summed E-state index contributed by atoms with van der Waals surface area (Å²) in [6.07, 6.45) is -5.28. The largest absolute Gasteiger partial charge is 0.449 e. The molecule has 1 amide bonds. The number of nitrogens with zero attached hydrogens (tertiary/aromatic N) is 3. The minimum absolute atomic E-state index is 0.0947. The molecule has 1 aromatic carbocycles. The Balaban J connectivity index is 1.97. The summed E-state index contributed by atoms with van der Waals surface area (Å²) in [5, 5.41) is 7.81. The van der Waals surface area contributed by atoms with E-state index in [0.29, 0.717) is 17.0 Å². The normalized spacial score (nSPS) is 17.0. The Labute approximate surface area is 162 Å². The van der Waals surface area contributed by atoms with Crippen molar-refractivity contribution in [2.75, 3.05) is 26.7 Å². The fourth-order valence-electron chi connectivity index (χ4n) is 2.98. The van der Waals surface area contributed by atoms with Gasteiger partial charge < -0.3 is 15.5 Å². The monoisotopic (exact) mass is 423 g/mol. The highest BCUT2D eigenvalue weighted by Gasteiger charge is 2.42. The van der Waals surface area contributed by atoms with Gasteiger partial charge in [0, 0.05) is 38.7 Å². The number of hydrogen-bond acceptors (Lipinski definition) is 4. The summed E-state index contributed by atoms with van der Waals surface area (Å²) in [6, 6.07) is 0.108. The van der Waals surface area contributed by atoms with E-state index in [-0.39, 0.29) is 38.0 Å². The van der Waals surface area contributed by atoms with Crippen molar-refractivity contribution in [3.63, 3.8) is 0 Å². The number of amidine groups is 2. The van der Waals surface area contributed by atoms with Crippen molar-refractivity contribution in [3.8, 4) is 0 Å². The van der Waals surface area contributed by atoms with Crippen LogP contribution in [0.3, 0.4) is 0 Å². The Morgan fingerprint density at radius 3 is 2.38 bits per heavy atom. The Hall–Kier alpha value is -2.63. The Kier molecular flexibility index (Phi) is 6.88. The van der Waals surface area contributed by atoms with Crippen molar-refractivity contribution < 1.29 is 31.1 Å². The van der Waals surface area contributed by atoms with Crippen LogP contribution in [0, 0.1) is 22.9 Å². The zero-order valence-electron chi connectivity index (χ0n) is 15.4. The smallest absolute Gasteiger partial charge is 0.333 e. The molecule has 6 nitrogen and oxygen atoms in total. The van der Waals surface area contributed by atoms with E-state index in [4.69, 9.17) is 11.1 Å². The third-order valence-corrected chi connectivity index (χ3v) is 4.34. The zero-order chi connectivity index (χ0) is 21.9. The molecule has 0 bridgehead atoms. The van der Waals surface area contributed by atoms with Gasteiger partial charge in [0.05, 0.1) is 6.54 Å². The average molecular weight is 423 g/mol. The number of nitrogens with two attached hydrogens (primary N) is 1. The van der Waals surface area contributed by atoms with E-state index >= 15 is 0 Å². The molecule has 3 N–H and O–H groups in total. The van der Waals surface area contributed by atoms with Crippen LogP contribution >= 0.6 is 0 Å². The second-order valence-electron chi connectivity index (χ2n) is 6.48. The Morgan fingerprint density at radius 1 is 1.21 bits per heavy atom. The number of carbonyl (C=O) groups excluding carboxylic acids is 1. The molecule has 160 valence electrons. The summed E-state index contributed by atoms with van der Waals surface area (Å²) in [7, 11) is 0.962. The van der Waals surface area contributed by atoms with Gasteiger partial charge in [-0.3, -0.25) is 15.2 Å². The molecular formula is C17H19F6N5O. The first-order chi connectivity index (χ1) is 13.4. The van der Waals surface area contributed by atoms with E-state index in [2.05, 4.69) is 4.99 Å². The highest BCUT2D eigenvalue weighted by atomic mass is 19.4. The molecule has 0 aromatic heterocycles. The van der Waals surface area contributed by atoms with Crippen molar-refractivity contribution in [2.45, 2.75) is 25.1 Å². The maximum Gasteiger partial charge on any atom is 0.449 e. The summed E-state index contributed by atoms with van der Waals surface area (Å²) in [6.45, 7) is -0.743. The predicted octanol–water partition coefficient (Wildman–Crippen LogP) is 2.08. The maximum absolute atomic E-state index is 13.7. The van der Waals surface area contributed by atoms with Crippen LogP contribution in [0.1, 0.15) is 12.0 Å². The number of nitrogens with one attached hydrogen (secondary N) is 1. The number of alkyl halides is 3. The van der Waals surface area contributed by atoms with Crippen LogP contribution in [0.4, 0.5) is 26.3 Å². The third-order valence-electron chi connectivity index (χ3n) is 4.34. The summed E-state index contributed by atoms with van der Waals surface area (Å²) >= 11 is 0. The molecule has 1 heterocycles. The quantitative estimate of drug-likeness (QED) is 0.337. The van der Waals surface area contributed by atoms with Gasteiger partial charge in [0.25, 0.3) is 0 Å². The fraction of sp³-hybridized carbons (Fsp3) is 0.471. The second kappa shape index (κ2) is 8.80. The first-order valence-electron chi connectivity index (χ1n) is 8.49. The van der Waals surface area contributed by atoms with Gasteiger partial charge in [-0.25, -0.2) is 13.2 Å². The number of aliphatic imine (C=N–C) groups is 1. The second-order valence-corrected chi connectivity index (χ2v) is 6.48. The first-order valence-corrected chi connectivity index (χ1v) is 8.49. The molecule has 0 unspecified atom stereocenters. The molecule has 0 radical (unpaired) electrons. The zero-order valence-corrected chi connectivity index (χ0v) is 15.4. The van der Waals surface area contributed by atoms with Crippen molar-refractivity contribution >= 4 is 17.6 Å². The van der Waals surface area contributed by atoms with Crippen LogP contribution in [0.5, 0.6) is 0 Å². The van der Waals surface area contributed by atoms with Gasteiger partial charge >= 0.3 is 6.18 Å². The standard InChI is InChI=1S/C17H19F6N5O/c1-26-16(17(21,22)23)28-3-2-27(8-14(28)25)15(29)6-10(24)4-9-5-12(19)13(20)7-11(9)18/h5,7,10,25H,2-4,6,8,24H2,1H3/t10-/m1/s1. The van der Waals surface area contributed by atoms with Gasteiger partial charge in [-0.15, -0.1) is 0 Å². The molecule has 0 saturated carbocycles. The molecule has 1 aliphatic heterocycles. The molecule has 12 heteroatoms. The van der Waals surface area contributed by atoms with Crippen LogP contribution in [-0.4, -0.2) is 66.3 Å². The lowest BCUT2D eigenvalue weighted by Gasteiger charge is -2.37. The number of amides is 1. The van der Waals surface area contributed by atoms with Crippen LogP contribution in [0.2, 0.25) is 0 Å². The Morgan fingerprint density at radius 2 is 1.83 bits per heavy atom. The van der Waals surface area contributed by atoms with Crippen LogP contribution in [0.15, 0.2) is 17.1 Å². The molecular weight excluding hydrogens is 404 g/mol. The van der Waals surface area contributed by atoms with E-state index in [1.54, 1.807) is 0 Å². The van der Waals surface area contributed by atoms with Crippen LogP contribution in [-0.2, 0) is 11.2 Å². The fourth-order valence-corrected chi connectivity index (χ4v) is 2.98. The van der Waals surface area contributed by atoms with E-state index in [9.17, 15) is 31.1 Å². The van der Waals surface area contributed by atoms with Crippen LogP contribution in [0.25, 0.3) is 0 Å². The lowest BCUT2D eigenvalue weighted by molar-refractivity contribution is -0.131. The Bertz CT molecular complexity index is 825. The molecule has 29 heavy (non-hydrogen) atoms. The van der Waals surface area contributed by atoms with Crippen molar-refractivity contribution in [1.82, 2.24) is 9.80 Å². The first kappa shape index (κ1) is 22.7. The van der Waals surface area contributed by atoms with Crippen molar-refractivity contribution in [3.05, 3.63) is 35.1 Å². The van der Waals surface area contributed by atoms with E-state index in [0.717, 1.165) is 11.9 Å². The van der Waals surface area contributed by atoms with Gasteiger partial charge in [0.15, 0.2) is 11.6 Å². The average Bonchev–Trinajstić information content (AvgIpc) is 2.60. The molecule has 0 spiro atoms. The number of piperazine rings is 1. The maximum atomic E-state index is 13.7. The SMILES string of the molecule is CN=C(N1CCN(C(=O)C[C@H](N)Cc2cc(F)c(F)cc2F)CC1=N)C(F)(F)F. The summed E-state index contributed by atoms with van der Waals surface area (Å²) in [5.74, 6) is -5.82. The number of benzene rings is 1. The van der Waals surface area contributed by atoms with Gasteiger partial charge in [-0.05, 0) is 18.1 Å². The summed E-state index contributed by atoms with van der Waals surface area (Å²) < 4.78 is 78.8. The molecule has 0 aliphatic carbocycles. The minimum atomic E-state index is -4.73. The lowest BCUT2D eigenvalue weighted by atomic mass is 10.0. The van der Waals surface area contributed by atoms with E-state index in [1.807, 2.05) is 0 Å². The lowest BCUT2D eigenvalue weighted by Crippen LogP contribution is -2.57. The third kappa shape index (κ3) is 5.46. The van der Waals surface area contributed by atoms with E-state index < -0.39 is 47.2 Å². The van der Waals surface area contributed by atoms with Crippen molar-refractivity contribution in [1.29, 1.82) is 5.41 Å². The van der Waals surface area contributed by atoms with Crippen molar-refractivity contribution in [2.24, 2.45) is 10.7 Å². The molecule has 1 aromatic rings. The van der Waals surface area contributed by atoms with Gasteiger partial charge in [0.1, 0.15) is 11.7 Å². The molecule has 1 atom stereocenters. The van der Waals surface area contributed by atoms with Gasteiger partial charge in [-0.1, -0.05) is 0 Å².